The second kappa shape index (κ2) is 3.11. The van der Waals surface area contributed by atoms with Crippen molar-refractivity contribution in [1.82, 2.24) is 9.55 Å². The Hall–Kier alpha value is -2.34. The number of hydrogen-bond acceptors (Lipinski definition) is 5. The molecule has 3 atom stereocenters. The lowest BCUT2D eigenvalue weighted by molar-refractivity contribution is 0.430. The number of nitrogens with one attached hydrogen (secondary N) is 1. The summed E-state index contributed by atoms with van der Waals surface area (Å²) >= 11 is 0. The first-order chi connectivity index (χ1) is 8.83. The standard InChI is InChI=1S/C12H10N6/c13-4-8-9(5-14)18-11-7-2-1-6(3-7)10(11)16-17-12(18)15-8/h6-7,11H,1-3H2,(H,15,17)/t6-,7+,11-/m0/s1. The molecule has 2 saturated carbocycles. The second-order valence-electron chi connectivity index (χ2n) is 5.09. The normalized spacial score (nSPS) is 30.8. The summed E-state index contributed by atoms with van der Waals surface area (Å²) in [6.45, 7) is 0. The van der Waals surface area contributed by atoms with Crippen LogP contribution in [0.4, 0.5) is 5.95 Å². The predicted molar refractivity (Wildman–Crippen MR) is 62.6 cm³/mol. The maximum atomic E-state index is 9.25. The molecule has 1 aromatic heterocycles. The maximum Gasteiger partial charge on any atom is 0.226 e. The van der Waals surface area contributed by atoms with Gasteiger partial charge in [-0.2, -0.15) is 20.6 Å². The van der Waals surface area contributed by atoms with Gasteiger partial charge in [0.1, 0.15) is 12.1 Å². The number of nitriles is 2. The van der Waals surface area contributed by atoms with E-state index in [1.54, 1.807) is 0 Å². The largest absolute Gasteiger partial charge is 0.290 e. The molecule has 1 N–H and O–H groups in total. The van der Waals surface area contributed by atoms with Crippen LogP contribution in [0.15, 0.2) is 5.10 Å². The summed E-state index contributed by atoms with van der Waals surface area (Å²) in [7, 11) is 0. The minimum absolute atomic E-state index is 0.143. The van der Waals surface area contributed by atoms with Crippen LogP contribution in [0.25, 0.3) is 0 Å². The lowest BCUT2D eigenvalue weighted by atomic mass is 9.92. The molecule has 0 unspecified atom stereocenters. The third-order valence-electron chi connectivity index (χ3n) is 4.33. The average molecular weight is 238 g/mol. The molecule has 88 valence electrons. The first-order valence-electron chi connectivity index (χ1n) is 6.09. The highest BCUT2D eigenvalue weighted by Gasteiger charge is 2.49. The Morgan fingerprint density at radius 2 is 2.17 bits per heavy atom. The van der Waals surface area contributed by atoms with E-state index in [-0.39, 0.29) is 11.7 Å². The van der Waals surface area contributed by atoms with E-state index in [1.165, 1.54) is 12.8 Å². The lowest BCUT2D eigenvalue weighted by Gasteiger charge is -2.29. The van der Waals surface area contributed by atoms with E-state index in [0.29, 0.717) is 23.5 Å². The van der Waals surface area contributed by atoms with Gasteiger partial charge in [-0.25, -0.2) is 5.43 Å². The van der Waals surface area contributed by atoms with Gasteiger partial charge >= 0.3 is 0 Å². The number of hydrazone groups is 1. The van der Waals surface area contributed by atoms with Crippen molar-refractivity contribution in [2.75, 3.05) is 5.43 Å². The summed E-state index contributed by atoms with van der Waals surface area (Å²) in [4.78, 5) is 4.15. The number of fused-ring (bicyclic) bond motifs is 7. The predicted octanol–water partition coefficient (Wildman–Crippen LogP) is 1.38. The zero-order chi connectivity index (χ0) is 12.3. The van der Waals surface area contributed by atoms with Crippen molar-refractivity contribution in [3.63, 3.8) is 0 Å². The minimum atomic E-state index is 0.143. The molecule has 0 aromatic carbocycles. The smallest absolute Gasteiger partial charge is 0.226 e. The molecular formula is C12H10N6. The van der Waals surface area contributed by atoms with Crippen molar-refractivity contribution < 1.29 is 0 Å². The molecule has 2 bridgehead atoms. The summed E-state index contributed by atoms with van der Waals surface area (Å²) in [5, 5.41) is 22.7. The molecule has 0 amide bonds. The molecule has 6 heteroatoms. The molecule has 1 aromatic rings. The zero-order valence-corrected chi connectivity index (χ0v) is 9.59. The topological polar surface area (TPSA) is 89.8 Å². The third-order valence-corrected chi connectivity index (χ3v) is 4.33. The first-order valence-corrected chi connectivity index (χ1v) is 6.09. The molecule has 2 aliphatic carbocycles. The summed E-state index contributed by atoms with van der Waals surface area (Å²) in [6, 6.07) is 4.23. The first kappa shape index (κ1) is 9.67. The minimum Gasteiger partial charge on any atom is -0.290 e. The number of aromatic nitrogens is 2. The Balaban J connectivity index is 1.94. The van der Waals surface area contributed by atoms with Gasteiger partial charge in [0, 0.05) is 5.92 Å². The van der Waals surface area contributed by atoms with Crippen LogP contribution >= 0.6 is 0 Å². The fourth-order valence-corrected chi connectivity index (χ4v) is 3.64. The van der Waals surface area contributed by atoms with E-state index in [9.17, 15) is 5.26 Å². The van der Waals surface area contributed by atoms with E-state index in [1.807, 2.05) is 10.6 Å². The summed E-state index contributed by atoms with van der Waals surface area (Å²) < 4.78 is 1.88. The molecular weight excluding hydrogens is 228 g/mol. The molecule has 18 heavy (non-hydrogen) atoms. The van der Waals surface area contributed by atoms with Gasteiger partial charge in [-0.3, -0.25) is 4.57 Å². The third kappa shape index (κ3) is 0.964. The Kier molecular flexibility index (Phi) is 1.67. The Labute approximate surface area is 104 Å². The highest BCUT2D eigenvalue weighted by Crippen LogP contribution is 2.51. The molecule has 6 nitrogen and oxygen atoms in total. The fraction of sp³-hybridized carbons (Fsp3) is 0.500. The second-order valence-corrected chi connectivity index (χ2v) is 5.09. The molecule has 2 fully saturated rings. The van der Waals surface area contributed by atoms with Crippen LogP contribution in [0.5, 0.6) is 0 Å². The molecule has 0 radical (unpaired) electrons. The van der Waals surface area contributed by atoms with Gasteiger partial charge in [0.15, 0.2) is 11.4 Å². The average Bonchev–Trinajstić information content (AvgIpc) is 3.09. The highest BCUT2D eigenvalue weighted by molar-refractivity contribution is 5.95. The number of anilines is 1. The summed E-state index contributed by atoms with van der Waals surface area (Å²) in [5.41, 5.74) is 4.58. The highest BCUT2D eigenvalue weighted by atomic mass is 15.4. The van der Waals surface area contributed by atoms with Gasteiger partial charge in [-0.05, 0) is 25.2 Å². The summed E-state index contributed by atoms with van der Waals surface area (Å²) in [6.07, 6.45) is 3.52. The van der Waals surface area contributed by atoms with Crippen molar-refractivity contribution in [2.45, 2.75) is 25.3 Å². The summed E-state index contributed by atoms with van der Waals surface area (Å²) in [5.74, 6) is 1.62. The lowest BCUT2D eigenvalue weighted by Crippen LogP contribution is -2.31. The Morgan fingerprint density at radius 3 is 2.94 bits per heavy atom. The van der Waals surface area contributed by atoms with Crippen molar-refractivity contribution in [1.29, 1.82) is 10.5 Å². The van der Waals surface area contributed by atoms with Crippen LogP contribution < -0.4 is 5.43 Å². The van der Waals surface area contributed by atoms with Gasteiger partial charge in [0.25, 0.3) is 0 Å². The van der Waals surface area contributed by atoms with Gasteiger partial charge in [-0.15, -0.1) is 0 Å². The van der Waals surface area contributed by atoms with E-state index >= 15 is 0 Å². The van der Waals surface area contributed by atoms with Gasteiger partial charge in [-0.1, -0.05) is 0 Å². The number of imidazole rings is 1. The number of hydrogen-bond donors (Lipinski definition) is 1. The number of nitrogens with zero attached hydrogens (tertiary/aromatic N) is 5. The maximum absolute atomic E-state index is 9.25. The molecule has 2 heterocycles. The number of rotatable bonds is 0. The van der Waals surface area contributed by atoms with Crippen LogP contribution in [0.1, 0.15) is 36.7 Å². The van der Waals surface area contributed by atoms with Crippen LogP contribution in [-0.2, 0) is 0 Å². The van der Waals surface area contributed by atoms with Gasteiger partial charge in [0.2, 0.25) is 5.95 Å². The monoisotopic (exact) mass is 238 g/mol. The van der Waals surface area contributed by atoms with Crippen LogP contribution in [0.3, 0.4) is 0 Å². The molecule has 1 aliphatic heterocycles. The van der Waals surface area contributed by atoms with E-state index in [4.69, 9.17) is 5.26 Å². The van der Waals surface area contributed by atoms with Crippen molar-refractivity contribution in [2.24, 2.45) is 16.9 Å². The van der Waals surface area contributed by atoms with Crippen LogP contribution in [0.2, 0.25) is 0 Å². The van der Waals surface area contributed by atoms with E-state index in [2.05, 4.69) is 21.6 Å². The molecule has 0 saturated heterocycles. The van der Waals surface area contributed by atoms with Crippen molar-refractivity contribution >= 4 is 11.7 Å². The van der Waals surface area contributed by atoms with E-state index in [0.717, 1.165) is 12.1 Å². The van der Waals surface area contributed by atoms with E-state index < -0.39 is 0 Å². The SMILES string of the molecule is N#Cc1nc2n(c1C#N)[C@@H]1C(=NN2)[C@H]2CC[C@@H]1C2. The van der Waals surface area contributed by atoms with Gasteiger partial charge in [0.05, 0.1) is 11.8 Å². The van der Waals surface area contributed by atoms with Crippen molar-refractivity contribution in [3.05, 3.63) is 11.4 Å². The molecule has 0 spiro atoms. The fourth-order valence-electron chi connectivity index (χ4n) is 3.64. The zero-order valence-electron chi connectivity index (χ0n) is 9.59. The molecule has 4 rings (SSSR count). The quantitative estimate of drug-likeness (QED) is 0.739. The Bertz CT molecular complexity index is 655. The van der Waals surface area contributed by atoms with Crippen LogP contribution in [0, 0.1) is 34.5 Å². The van der Waals surface area contributed by atoms with Crippen LogP contribution in [-0.4, -0.2) is 15.3 Å². The van der Waals surface area contributed by atoms with Gasteiger partial charge < -0.3 is 0 Å². The molecule has 3 aliphatic rings. The Morgan fingerprint density at radius 1 is 1.28 bits per heavy atom. The van der Waals surface area contributed by atoms with Crippen molar-refractivity contribution in [3.8, 4) is 12.1 Å².